The van der Waals surface area contributed by atoms with Crippen molar-refractivity contribution in [2.45, 2.75) is 33.3 Å². The Morgan fingerprint density at radius 2 is 2.04 bits per heavy atom. The molecule has 0 unspecified atom stereocenters. The number of aliphatic hydroxyl groups is 1. The molecule has 28 heavy (non-hydrogen) atoms. The quantitative estimate of drug-likeness (QED) is 0.548. The second-order valence-corrected chi connectivity index (χ2v) is 7.35. The van der Waals surface area contributed by atoms with Gasteiger partial charge in [0.05, 0.1) is 30.7 Å². The van der Waals surface area contributed by atoms with Gasteiger partial charge < -0.3 is 23.9 Å². The van der Waals surface area contributed by atoms with Crippen LogP contribution in [0.1, 0.15) is 30.9 Å². The Labute approximate surface area is 164 Å². The van der Waals surface area contributed by atoms with E-state index in [1.807, 2.05) is 24.8 Å². The highest BCUT2D eigenvalue weighted by Crippen LogP contribution is 2.19. The second-order valence-electron chi connectivity index (χ2n) is 7.35. The van der Waals surface area contributed by atoms with Crippen LogP contribution in [0.4, 0.5) is 11.8 Å². The zero-order chi connectivity index (χ0) is 20.1. The zero-order valence-corrected chi connectivity index (χ0v) is 16.7. The van der Waals surface area contributed by atoms with Gasteiger partial charge in [-0.15, -0.1) is 0 Å². The van der Waals surface area contributed by atoms with Gasteiger partial charge in [-0.1, -0.05) is 0 Å². The molecule has 3 rings (SSSR count). The molecule has 0 aromatic carbocycles. The normalized spacial score (nSPS) is 15.2. The Balaban J connectivity index is 1.78. The van der Waals surface area contributed by atoms with E-state index in [4.69, 9.17) is 13.9 Å². The van der Waals surface area contributed by atoms with Crippen molar-refractivity contribution in [2.75, 3.05) is 43.2 Å². The third kappa shape index (κ3) is 5.67. The number of anilines is 2. The molecule has 9 heteroatoms. The van der Waals surface area contributed by atoms with Crippen molar-refractivity contribution in [2.24, 2.45) is 5.10 Å². The van der Waals surface area contributed by atoms with Gasteiger partial charge in [0.25, 0.3) is 0 Å². The lowest BCUT2D eigenvalue weighted by Gasteiger charge is -2.27. The van der Waals surface area contributed by atoms with Crippen LogP contribution in [0.3, 0.4) is 0 Å². The topological polar surface area (TPSA) is 105 Å². The third-order valence-corrected chi connectivity index (χ3v) is 4.12. The molecule has 0 spiro atoms. The molecule has 3 heterocycles. The fraction of sp³-hybridized carbons (Fsp3) is 0.526. The molecule has 1 aliphatic rings. The lowest BCUT2D eigenvalue weighted by Crippen LogP contribution is -2.37. The van der Waals surface area contributed by atoms with Gasteiger partial charge in [0.1, 0.15) is 12.4 Å². The lowest BCUT2D eigenvalue weighted by atomic mass is 10.2. The van der Waals surface area contributed by atoms with Crippen molar-refractivity contribution in [1.82, 2.24) is 9.97 Å². The van der Waals surface area contributed by atoms with Crippen molar-refractivity contribution in [3.63, 3.8) is 0 Å². The molecule has 0 saturated carbocycles. The predicted molar refractivity (Wildman–Crippen MR) is 106 cm³/mol. The average molecular weight is 389 g/mol. The van der Waals surface area contributed by atoms with E-state index in [1.165, 1.54) is 0 Å². The SMILES string of the molecule is Cc1cc(NN=Cc2cc(OCC(C)(C)O)nc(N3CCOCC3)n2)oc1C. The summed E-state index contributed by atoms with van der Waals surface area (Å²) >= 11 is 0. The Hall–Kier alpha value is -2.65. The maximum Gasteiger partial charge on any atom is 0.229 e. The molecule has 9 nitrogen and oxygen atoms in total. The largest absolute Gasteiger partial charge is 0.474 e. The molecule has 0 aliphatic carbocycles. The molecule has 0 atom stereocenters. The number of rotatable bonds is 7. The molecule has 2 aromatic heterocycles. The molecule has 1 aliphatic heterocycles. The summed E-state index contributed by atoms with van der Waals surface area (Å²) in [6, 6.07) is 3.56. The number of nitrogens with one attached hydrogen (secondary N) is 1. The third-order valence-electron chi connectivity index (χ3n) is 4.12. The summed E-state index contributed by atoms with van der Waals surface area (Å²) in [5.41, 5.74) is 3.52. The summed E-state index contributed by atoms with van der Waals surface area (Å²) in [6.07, 6.45) is 1.58. The van der Waals surface area contributed by atoms with Gasteiger partial charge >= 0.3 is 0 Å². The number of hydrogen-bond acceptors (Lipinski definition) is 9. The summed E-state index contributed by atoms with van der Waals surface area (Å²) < 4.78 is 16.6. The smallest absolute Gasteiger partial charge is 0.229 e. The van der Waals surface area contributed by atoms with E-state index in [9.17, 15) is 5.11 Å². The Bertz CT molecular complexity index is 803. The number of hydrogen-bond donors (Lipinski definition) is 2. The molecular formula is C19H27N5O4. The van der Waals surface area contributed by atoms with Gasteiger partial charge in [-0.2, -0.15) is 10.1 Å². The van der Waals surface area contributed by atoms with Crippen molar-refractivity contribution in [3.05, 3.63) is 29.2 Å². The van der Waals surface area contributed by atoms with Crippen molar-refractivity contribution >= 4 is 18.0 Å². The van der Waals surface area contributed by atoms with Gasteiger partial charge in [0, 0.05) is 25.2 Å². The molecule has 0 amide bonds. The molecule has 0 bridgehead atoms. The number of morpholine rings is 1. The maximum atomic E-state index is 9.92. The summed E-state index contributed by atoms with van der Waals surface area (Å²) in [5.74, 6) is 2.33. The van der Waals surface area contributed by atoms with Crippen LogP contribution in [0, 0.1) is 13.8 Å². The van der Waals surface area contributed by atoms with Crippen LogP contribution in [-0.2, 0) is 4.74 Å². The number of hydrazone groups is 1. The summed E-state index contributed by atoms with van der Waals surface area (Å²) in [5, 5.41) is 14.1. The standard InChI is InChI=1S/C19H27N5O4/c1-13-9-17(28-14(13)2)23-20-11-15-10-16(27-12-19(3,4)25)22-18(21-15)24-5-7-26-8-6-24/h9-11,23,25H,5-8,12H2,1-4H3. The first-order chi connectivity index (χ1) is 13.3. The second kappa shape index (κ2) is 8.57. The summed E-state index contributed by atoms with van der Waals surface area (Å²) in [4.78, 5) is 11.1. The minimum Gasteiger partial charge on any atom is -0.474 e. The average Bonchev–Trinajstić information content (AvgIpc) is 2.98. The molecule has 0 radical (unpaired) electrons. The summed E-state index contributed by atoms with van der Waals surface area (Å²) in [7, 11) is 0. The van der Waals surface area contributed by atoms with Crippen LogP contribution >= 0.6 is 0 Å². The van der Waals surface area contributed by atoms with E-state index >= 15 is 0 Å². The Morgan fingerprint density at radius 1 is 1.29 bits per heavy atom. The maximum absolute atomic E-state index is 9.92. The van der Waals surface area contributed by atoms with E-state index in [0.717, 1.165) is 11.3 Å². The molecule has 1 fully saturated rings. The molecule has 2 N–H and O–H groups in total. The van der Waals surface area contributed by atoms with Crippen molar-refractivity contribution in [3.8, 4) is 5.88 Å². The van der Waals surface area contributed by atoms with E-state index < -0.39 is 5.60 Å². The first-order valence-corrected chi connectivity index (χ1v) is 9.23. The van der Waals surface area contributed by atoms with Crippen LogP contribution < -0.4 is 15.1 Å². The fourth-order valence-corrected chi connectivity index (χ4v) is 2.52. The van der Waals surface area contributed by atoms with Crippen LogP contribution in [0.2, 0.25) is 0 Å². The number of furan rings is 1. The lowest BCUT2D eigenvalue weighted by molar-refractivity contribution is 0.0268. The monoisotopic (exact) mass is 389 g/mol. The van der Waals surface area contributed by atoms with Gasteiger partial charge in [0.2, 0.25) is 17.7 Å². The van der Waals surface area contributed by atoms with Crippen LogP contribution in [0.15, 0.2) is 21.7 Å². The van der Waals surface area contributed by atoms with Gasteiger partial charge in [0.15, 0.2) is 0 Å². The van der Waals surface area contributed by atoms with Gasteiger partial charge in [-0.05, 0) is 33.3 Å². The highest BCUT2D eigenvalue weighted by molar-refractivity contribution is 5.78. The number of nitrogens with zero attached hydrogens (tertiary/aromatic N) is 4. The van der Waals surface area contributed by atoms with Gasteiger partial charge in [-0.3, -0.25) is 0 Å². The Kier molecular flexibility index (Phi) is 6.15. The number of ether oxygens (including phenoxy) is 2. The van der Waals surface area contributed by atoms with Crippen LogP contribution in [0.25, 0.3) is 0 Å². The summed E-state index contributed by atoms with van der Waals surface area (Å²) in [6.45, 7) is 10.00. The molecular weight excluding hydrogens is 362 g/mol. The van der Waals surface area contributed by atoms with Crippen LogP contribution in [0.5, 0.6) is 5.88 Å². The molecule has 1 saturated heterocycles. The fourth-order valence-electron chi connectivity index (χ4n) is 2.52. The first kappa shape index (κ1) is 20.1. The molecule has 152 valence electrons. The van der Waals surface area contributed by atoms with Crippen molar-refractivity contribution < 1.29 is 19.0 Å². The van der Waals surface area contributed by atoms with E-state index in [-0.39, 0.29) is 6.61 Å². The predicted octanol–water partition coefficient (Wildman–Crippen LogP) is 2.12. The number of aryl methyl sites for hydroxylation is 2. The highest BCUT2D eigenvalue weighted by Gasteiger charge is 2.18. The van der Waals surface area contributed by atoms with Gasteiger partial charge in [-0.25, -0.2) is 10.4 Å². The minimum atomic E-state index is -0.963. The zero-order valence-electron chi connectivity index (χ0n) is 16.7. The minimum absolute atomic E-state index is 0.117. The van der Waals surface area contributed by atoms with E-state index in [2.05, 4.69) is 20.5 Å². The van der Waals surface area contributed by atoms with Crippen molar-refractivity contribution in [1.29, 1.82) is 0 Å². The Morgan fingerprint density at radius 3 is 2.68 bits per heavy atom. The van der Waals surface area contributed by atoms with E-state index in [1.54, 1.807) is 26.1 Å². The molecule has 2 aromatic rings. The first-order valence-electron chi connectivity index (χ1n) is 9.23. The number of aromatic nitrogens is 2. The highest BCUT2D eigenvalue weighted by atomic mass is 16.5. The van der Waals surface area contributed by atoms with E-state index in [0.29, 0.717) is 49.7 Å². The van der Waals surface area contributed by atoms with Crippen LogP contribution in [-0.4, -0.2) is 59.8 Å².